The second-order valence-electron chi connectivity index (χ2n) is 9.24. The molecular weight excluding hydrogens is 473 g/mol. The minimum atomic E-state index is -1.28. The van der Waals surface area contributed by atoms with Crippen LogP contribution in [0.2, 0.25) is 0 Å². The van der Waals surface area contributed by atoms with Crippen LogP contribution in [-0.2, 0) is 18.8 Å². The molecule has 1 saturated heterocycles. The molecule has 8 nitrogen and oxygen atoms in total. The predicted molar refractivity (Wildman–Crippen MR) is 127 cm³/mol. The van der Waals surface area contributed by atoms with Gasteiger partial charge in [0.05, 0.1) is 36.6 Å². The molecule has 2 aromatic carbocycles. The van der Waals surface area contributed by atoms with E-state index in [9.17, 15) is 9.59 Å². The molecule has 188 valence electrons. The van der Waals surface area contributed by atoms with Gasteiger partial charge in [-0.25, -0.2) is 23.1 Å². The van der Waals surface area contributed by atoms with E-state index < -0.39 is 47.4 Å². The number of aromatic nitrogens is 2. The molecular formula is C25H25BF2N2O6. The van der Waals surface area contributed by atoms with Crippen LogP contribution >= 0.6 is 0 Å². The third-order valence-corrected chi connectivity index (χ3v) is 6.50. The minimum Gasteiger partial charge on any atom is -0.465 e. The molecule has 0 bridgehead atoms. The fourth-order valence-electron chi connectivity index (χ4n) is 3.86. The lowest BCUT2D eigenvalue weighted by Crippen LogP contribution is -2.41. The fourth-order valence-corrected chi connectivity index (χ4v) is 3.86. The Balaban J connectivity index is 1.91. The van der Waals surface area contributed by atoms with Gasteiger partial charge in [-0.3, -0.25) is 0 Å². The van der Waals surface area contributed by atoms with E-state index in [1.807, 2.05) is 0 Å². The summed E-state index contributed by atoms with van der Waals surface area (Å²) in [6.45, 7) is 7.07. The van der Waals surface area contributed by atoms with Crippen molar-refractivity contribution >= 4 is 24.5 Å². The molecule has 3 aromatic rings. The van der Waals surface area contributed by atoms with E-state index in [1.54, 1.807) is 58.0 Å². The Morgan fingerprint density at radius 3 is 1.94 bits per heavy atom. The van der Waals surface area contributed by atoms with Crippen LogP contribution in [0.5, 0.6) is 0 Å². The van der Waals surface area contributed by atoms with Gasteiger partial charge in [-0.1, -0.05) is 18.2 Å². The number of methoxy groups -OCH3 is 2. The largest absolute Gasteiger partial charge is 0.500 e. The number of benzene rings is 2. The SMILES string of the molecule is COC(=O)c1c(-c2cc(F)c(B3OC(C)(C)C(C)(C)O3)c(F)c2)nn(-c2ccccc2)c1C(=O)OC. The van der Waals surface area contributed by atoms with Crippen LogP contribution in [0.3, 0.4) is 0 Å². The maximum Gasteiger partial charge on any atom is 0.500 e. The molecule has 0 atom stereocenters. The van der Waals surface area contributed by atoms with Crippen molar-refractivity contribution in [2.24, 2.45) is 0 Å². The molecule has 1 fully saturated rings. The summed E-state index contributed by atoms with van der Waals surface area (Å²) >= 11 is 0. The first kappa shape index (κ1) is 25.5. The molecule has 11 heteroatoms. The van der Waals surface area contributed by atoms with Gasteiger partial charge in [0.25, 0.3) is 0 Å². The number of rotatable bonds is 5. The van der Waals surface area contributed by atoms with E-state index in [-0.39, 0.29) is 22.5 Å². The zero-order valence-corrected chi connectivity index (χ0v) is 20.7. The summed E-state index contributed by atoms with van der Waals surface area (Å²) in [5.74, 6) is -3.74. The zero-order valence-electron chi connectivity index (χ0n) is 20.7. The highest BCUT2D eigenvalue weighted by atomic mass is 19.1. The van der Waals surface area contributed by atoms with Crippen LogP contribution in [-0.4, -0.2) is 54.3 Å². The van der Waals surface area contributed by atoms with Gasteiger partial charge in [-0.15, -0.1) is 0 Å². The summed E-state index contributed by atoms with van der Waals surface area (Å²) in [5.41, 5.74) is -2.41. The standard InChI is InChI=1S/C25H25BF2N2O6/c1-24(2)25(3,4)36-26(35-24)19-16(27)12-14(13-17(19)28)20-18(22(31)33-5)21(23(32)34-6)30(29-20)15-10-8-7-9-11-15/h7-13H,1-6H3. The third-order valence-electron chi connectivity index (χ3n) is 6.50. The van der Waals surface area contributed by atoms with Gasteiger partial charge >= 0.3 is 19.1 Å². The number of halogens is 2. The molecule has 1 aromatic heterocycles. The second kappa shape index (κ2) is 9.14. The molecule has 0 aliphatic carbocycles. The molecule has 1 aliphatic heterocycles. The Bertz CT molecular complexity index is 1300. The Hall–Kier alpha value is -3.57. The number of carbonyl (C=O) groups excluding carboxylic acids is 2. The van der Waals surface area contributed by atoms with E-state index in [0.29, 0.717) is 5.69 Å². The number of esters is 2. The summed E-state index contributed by atoms with van der Waals surface area (Å²) in [6.07, 6.45) is 0. The highest BCUT2D eigenvalue weighted by Crippen LogP contribution is 2.37. The molecule has 2 heterocycles. The normalized spacial score (nSPS) is 16.2. The van der Waals surface area contributed by atoms with E-state index in [2.05, 4.69) is 5.10 Å². The second-order valence-corrected chi connectivity index (χ2v) is 9.24. The summed E-state index contributed by atoms with van der Waals surface area (Å²) in [6, 6.07) is 10.5. The summed E-state index contributed by atoms with van der Waals surface area (Å²) in [4.78, 5) is 25.5. The van der Waals surface area contributed by atoms with Crippen molar-refractivity contribution in [1.29, 1.82) is 0 Å². The van der Waals surface area contributed by atoms with Gasteiger partial charge in [-0.05, 0) is 52.0 Å². The molecule has 4 rings (SSSR count). The van der Waals surface area contributed by atoms with E-state index in [1.165, 1.54) is 4.68 Å². The number of para-hydroxylation sites is 1. The van der Waals surface area contributed by atoms with E-state index >= 15 is 8.78 Å². The number of nitrogens with zero attached hydrogens (tertiary/aromatic N) is 2. The summed E-state index contributed by atoms with van der Waals surface area (Å²) in [5, 5.41) is 4.36. The van der Waals surface area contributed by atoms with Gasteiger partial charge in [0.15, 0.2) is 5.69 Å². The molecule has 36 heavy (non-hydrogen) atoms. The first-order valence-electron chi connectivity index (χ1n) is 11.1. The average Bonchev–Trinajstić information content (AvgIpc) is 3.32. The molecule has 0 saturated carbocycles. The van der Waals surface area contributed by atoms with Gasteiger partial charge in [-0.2, -0.15) is 5.10 Å². The monoisotopic (exact) mass is 498 g/mol. The van der Waals surface area contributed by atoms with Crippen molar-refractivity contribution in [1.82, 2.24) is 9.78 Å². The highest BCUT2D eigenvalue weighted by molar-refractivity contribution is 6.62. The van der Waals surface area contributed by atoms with Crippen LogP contribution in [0, 0.1) is 11.6 Å². The van der Waals surface area contributed by atoms with Crippen LogP contribution in [0.25, 0.3) is 16.9 Å². The molecule has 0 amide bonds. The van der Waals surface area contributed by atoms with Crippen molar-refractivity contribution in [2.45, 2.75) is 38.9 Å². The first-order valence-corrected chi connectivity index (χ1v) is 11.1. The van der Waals surface area contributed by atoms with Crippen molar-refractivity contribution in [3.63, 3.8) is 0 Å². The van der Waals surface area contributed by atoms with Crippen LogP contribution in [0.4, 0.5) is 8.78 Å². The Labute approximate surface area is 207 Å². The van der Waals surface area contributed by atoms with Crippen LogP contribution in [0.15, 0.2) is 42.5 Å². The summed E-state index contributed by atoms with van der Waals surface area (Å²) < 4.78 is 53.3. The van der Waals surface area contributed by atoms with Crippen molar-refractivity contribution in [3.8, 4) is 16.9 Å². The molecule has 0 N–H and O–H groups in total. The minimum absolute atomic E-state index is 0.0921. The first-order chi connectivity index (χ1) is 16.9. The molecule has 0 unspecified atom stereocenters. The lowest BCUT2D eigenvalue weighted by molar-refractivity contribution is 0.00578. The third kappa shape index (κ3) is 4.18. The van der Waals surface area contributed by atoms with Gasteiger partial charge in [0, 0.05) is 5.56 Å². The number of hydrogen-bond donors (Lipinski definition) is 0. The van der Waals surface area contributed by atoms with Crippen molar-refractivity contribution < 1.29 is 37.2 Å². The topological polar surface area (TPSA) is 88.9 Å². The van der Waals surface area contributed by atoms with Crippen LogP contribution < -0.4 is 5.46 Å². The number of hydrogen-bond acceptors (Lipinski definition) is 7. The highest BCUT2D eigenvalue weighted by Gasteiger charge is 2.53. The quantitative estimate of drug-likeness (QED) is 0.392. The number of carbonyl (C=O) groups is 2. The maximum atomic E-state index is 15.4. The van der Waals surface area contributed by atoms with Gasteiger partial charge in [0.2, 0.25) is 0 Å². The maximum absolute atomic E-state index is 15.4. The van der Waals surface area contributed by atoms with Gasteiger partial charge < -0.3 is 18.8 Å². The Morgan fingerprint density at radius 2 is 1.44 bits per heavy atom. The fraction of sp³-hybridized carbons (Fsp3) is 0.320. The lowest BCUT2D eigenvalue weighted by Gasteiger charge is -2.32. The van der Waals surface area contributed by atoms with Gasteiger partial charge in [0.1, 0.15) is 22.9 Å². The summed E-state index contributed by atoms with van der Waals surface area (Å²) in [7, 11) is 0.983. The smallest absolute Gasteiger partial charge is 0.465 e. The molecule has 0 radical (unpaired) electrons. The zero-order chi connectivity index (χ0) is 26.4. The predicted octanol–water partition coefficient (Wildman–Crippen LogP) is 3.69. The number of ether oxygens (including phenoxy) is 2. The van der Waals surface area contributed by atoms with E-state index in [4.69, 9.17) is 18.8 Å². The molecule has 1 aliphatic rings. The van der Waals surface area contributed by atoms with Crippen molar-refractivity contribution in [2.75, 3.05) is 14.2 Å². The van der Waals surface area contributed by atoms with E-state index in [0.717, 1.165) is 26.4 Å². The van der Waals surface area contributed by atoms with Crippen LogP contribution in [0.1, 0.15) is 48.5 Å². The lowest BCUT2D eigenvalue weighted by atomic mass is 9.77. The average molecular weight is 498 g/mol. The Morgan fingerprint density at radius 1 is 0.917 bits per heavy atom. The Kier molecular flexibility index (Phi) is 6.48. The van der Waals surface area contributed by atoms with Crippen molar-refractivity contribution in [3.05, 3.63) is 65.4 Å². The molecule has 0 spiro atoms.